The number of fused-ring (bicyclic) bond motifs is 1. The second kappa shape index (κ2) is 9.50. The number of nitrogens with zero attached hydrogens (tertiary/aromatic N) is 3. The Hall–Kier alpha value is -2.56. The molecule has 1 N–H and O–H groups in total. The van der Waals surface area contributed by atoms with Crippen molar-refractivity contribution in [3.8, 4) is 11.8 Å². The smallest absolute Gasteiger partial charge is 0.239 e. The van der Waals surface area contributed by atoms with Crippen LogP contribution < -0.4 is 15.0 Å². The zero-order valence-corrected chi connectivity index (χ0v) is 18.3. The van der Waals surface area contributed by atoms with Crippen molar-refractivity contribution in [2.24, 2.45) is 0 Å². The molecule has 0 radical (unpaired) electrons. The molecule has 7 heteroatoms. The minimum absolute atomic E-state index is 0.0299. The molecule has 1 aromatic heterocycles. The van der Waals surface area contributed by atoms with Gasteiger partial charge in [0.15, 0.2) is 0 Å². The lowest BCUT2D eigenvalue weighted by Gasteiger charge is -2.35. The van der Waals surface area contributed by atoms with E-state index in [0.717, 1.165) is 61.9 Å². The van der Waals surface area contributed by atoms with E-state index in [1.165, 1.54) is 23.3 Å². The molecule has 0 saturated carbocycles. The molecule has 4 rings (SSSR count). The Morgan fingerprint density at radius 1 is 1.20 bits per heavy atom. The highest BCUT2D eigenvalue weighted by Gasteiger charge is 2.23. The van der Waals surface area contributed by atoms with Crippen molar-refractivity contribution in [2.75, 3.05) is 50.1 Å². The summed E-state index contributed by atoms with van der Waals surface area (Å²) >= 11 is 1.60. The van der Waals surface area contributed by atoms with Gasteiger partial charge in [0, 0.05) is 42.8 Å². The predicted molar refractivity (Wildman–Crippen MR) is 121 cm³/mol. The first-order chi connectivity index (χ1) is 14.7. The largest absolute Gasteiger partial charge is 0.497 e. The first kappa shape index (κ1) is 20.7. The highest BCUT2D eigenvalue weighted by Crippen LogP contribution is 2.37. The van der Waals surface area contributed by atoms with Crippen LogP contribution in [0, 0.1) is 11.3 Å². The van der Waals surface area contributed by atoms with Crippen LogP contribution in [0.5, 0.6) is 5.75 Å². The molecule has 1 fully saturated rings. The van der Waals surface area contributed by atoms with E-state index in [2.05, 4.69) is 27.3 Å². The first-order valence-corrected chi connectivity index (χ1v) is 11.5. The number of rotatable bonds is 5. The Kier molecular flexibility index (Phi) is 6.56. The van der Waals surface area contributed by atoms with Crippen molar-refractivity contribution in [1.82, 2.24) is 4.90 Å². The molecule has 1 aromatic carbocycles. The van der Waals surface area contributed by atoms with Gasteiger partial charge in [0.25, 0.3) is 0 Å². The second-order valence-electron chi connectivity index (χ2n) is 7.89. The highest BCUT2D eigenvalue weighted by atomic mass is 32.1. The van der Waals surface area contributed by atoms with E-state index in [1.54, 1.807) is 18.4 Å². The average Bonchev–Trinajstić information content (AvgIpc) is 2.93. The van der Waals surface area contributed by atoms with Gasteiger partial charge in [-0.1, -0.05) is 12.5 Å². The summed E-state index contributed by atoms with van der Waals surface area (Å²) in [5.41, 5.74) is 3.01. The molecule has 1 aliphatic heterocycles. The maximum atomic E-state index is 12.7. The Balaban J connectivity index is 1.33. The number of hydrogen-bond donors (Lipinski definition) is 1. The number of benzene rings is 1. The molecule has 1 amide bonds. The van der Waals surface area contributed by atoms with Gasteiger partial charge >= 0.3 is 0 Å². The molecular weight excluding hydrogens is 396 g/mol. The van der Waals surface area contributed by atoms with E-state index in [0.29, 0.717) is 12.1 Å². The van der Waals surface area contributed by atoms with Crippen molar-refractivity contribution < 1.29 is 9.53 Å². The number of ether oxygens (including phenoxy) is 1. The van der Waals surface area contributed by atoms with E-state index in [1.807, 2.05) is 18.2 Å². The molecule has 2 heterocycles. The van der Waals surface area contributed by atoms with Crippen LogP contribution in [-0.2, 0) is 17.6 Å². The van der Waals surface area contributed by atoms with Gasteiger partial charge in [-0.05, 0) is 43.4 Å². The summed E-state index contributed by atoms with van der Waals surface area (Å²) in [5.74, 6) is 0.828. The number of nitrogens with one attached hydrogen (secondary N) is 1. The van der Waals surface area contributed by atoms with Gasteiger partial charge in [-0.15, -0.1) is 11.3 Å². The number of thiophene rings is 1. The number of piperazine rings is 1. The fraction of sp³-hybridized carbons (Fsp3) is 0.478. The third-order valence-corrected chi connectivity index (χ3v) is 7.15. The Morgan fingerprint density at radius 2 is 2.00 bits per heavy atom. The van der Waals surface area contributed by atoms with Gasteiger partial charge in [-0.25, -0.2) is 0 Å². The number of hydrogen-bond acceptors (Lipinski definition) is 6. The summed E-state index contributed by atoms with van der Waals surface area (Å²) in [6.45, 7) is 3.77. The first-order valence-electron chi connectivity index (χ1n) is 10.6. The minimum Gasteiger partial charge on any atom is -0.497 e. The highest BCUT2D eigenvalue weighted by molar-refractivity contribution is 7.16. The average molecular weight is 425 g/mol. The van der Waals surface area contributed by atoms with E-state index >= 15 is 0 Å². The molecule has 0 spiro atoms. The summed E-state index contributed by atoms with van der Waals surface area (Å²) in [4.78, 5) is 18.5. The van der Waals surface area contributed by atoms with E-state index in [-0.39, 0.29) is 5.91 Å². The molecule has 0 atom stereocenters. The zero-order valence-electron chi connectivity index (χ0n) is 17.4. The van der Waals surface area contributed by atoms with Crippen LogP contribution in [0.3, 0.4) is 0 Å². The number of nitriles is 1. The molecular formula is C23H28N4O2S. The number of amides is 1. The Morgan fingerprint density at radius 3 is 2.77 bits per heavy atom. The van der Waals surface area contributed by atoms with E-state index in [9.17, 15) is 10.1 Å². The molecule has 0 bridgehead atoms. The second-order valence-corrected chi connectivity index (χ2v) is 9.00. The number of aryl methyl sites for hydroxylation is 1. The standard InChI is InChI=1S/C23H28N4O2S/c1-29-18-7-5-6-17(14-18)27-12-10-26(11-13-27)16-22(28)25-23-20(15-24)19-8-3-2-4-9-21(19)30-23/h5-7,14H,2-4,8-13,16H2,1H3,(H,25,28). The van der Waals surface area contributed by atoms with Crippen molar-refractivity contribution in [1.29, 1.82) is 5.26 Å². The summed E-state index contributed by atoms with van der Waals surface area (Å²) in [6, 6.07) is 10.4. The minimum atomic E-state index is -0.0299. The van der Waals surface area contributed by atoms with Crippen molar-refractivity contribution in [2.45, 2.75) is 32.1 Å². The molecule has 1 aliphatic carbocycles. The van der Waals surface area contributed by atoms with Crippen LogP contribution >= 0.6 is 11.3 Å². The number of carbonyl (C=O) groups excluding carboxylic acids is 1. The van der Waals surface area contributed by atoms with Gasteiger partial charge in [0.05, 0.1) is 19.2 Å². The quantitative estimate of drug-likeness (QED) is 0.742. The summed E-state index contributed by atoms with van der Waals surface area (Å²) in [7, 11) is 1.68. The maximum absolute atomic E-state index is 12.7. The lowest BCUT2D eigenvalue weighted by atomic mass is 10.1. The van der Waals surface area contributed by atoms with Gasteiger partial charge in [0.2, 0.25) is 5.91 Å². The SMILES string of the molecule is COc1cccc(N2CCN(CC(=O)Nc3sc4c(c3C#N)CCCCC4)CC2)c1. The third-order valence-electron chi connectivity index (χ3n) is 5.94. The van der Waals surface area contributed by atoms with Crippen LogP contribution in [-0.4, -0.2) is 50.6 Å². The van der Waals surface area contributed by atoms with Gasteiger partial charge in [0.1, 0.15) is 16.8 Å². The van der Waals surface area contributed by atoms with E-state index in [4.69, 9.17) is 4.74 Å². The Labute approximate surface area is 182 Å². The van der Waals surface area contributed by atoms with Gasteiger partial charge in [-0.2, -0.15) is 5.26 Å². The van der Waals surface area contributed by atoms with Crippen molar-refractivity contribution in [3.63, 3.8) is 0 Å². The van der Waals surface area contributed by atoms with Crippen LogP contribution in [0.1, 0.15) is 35.3 Å². The summed E-state index contributed by atoms with van der Waals surface area (Å²) in [6.07, 6.45) is 5.50. The van der Waals surface area contributed by atoms with E-state index < -0.39 is 0 Å². The van der Waals surface area contributed by atoms with Crippen molar-refractivity contribution in [3.05, 3.63) is 40.3 Å². The summed E-state index contributed by atoms with van der Waals surface area (Å²) < 4.78 is 5.32. The zero-order chi connectivity index (χ0) is 20.9. The molecule has 0 unspecified atom stereocenters. The maximum Gasteiger partial charge on any atom is 0.239 e. The molecule has 2 aromatic rings. The number of methoxy groups -OCH3 is 1. The van der Waals surface area contributed by atoms with Crippen LogP contribution in [0.15, 0.2) is 24.3 Å². The summed E-state index contributed by atoms with van der Waals surface area (Å²) in [5, 5.41) is 13.4. The number of anilines is 2. The fourth-order valence-corrected chi connectivity index (χ4v) is 5.55. The van der Waals surface area contributed by atoms with Crippen LogP contribution in [0.4, 0.5) is 10.7 Å². The molecule has 158 valence electrons. The number of carbonyl (C=O) groups is 1. The topological polar surface area (TPSA) is 68.6 Å². The molecule has 6 nitrogen and oxygen atoms in total. The van der Waals surface area contributed by atoms with Gasteiger partial charge in [-0.3, -0.25) is 9.69 Å². The predicted octanol–water partition coefficient (Wildman–Crippen LogP) is 3.66. The molecule has 1 saturated heterocycles. The lowest BCUT2D eigenvalue weighted by Crippen LogP contribution is -2.48. The normalized spacial score (nSPS) is 17.0. The van der Waals surface area contributed by atoms with Gasteiger partial charge < -0.3 is 15.0 Å². The monoisotopic (exact) mass is 424 g/mol. The van der Waals surface area contributed by atoms with Crippen molar-refractivity contribution >= 4 is 27.9 Å². The molecule has 2 aliphatic rings. The molecule has 30 heavy (non-hydrogen) atoms. The van der Waals surface area contributed by atoms with Crippen LogP contribution in [0.25, 0.3) is 0 Å². The Bertz CT molecular complexity index is 941. The van der Waals surface area contributed by atoms with Crippen LogP contribution in [0.2, 0.25) is 0 Å². The lowest BCUT2D eigenvalue weighted by molar-refractivity contribution is -0.117. The third kappa shape index (κ3) is 4.61. The fourth-order valence-electron chi connectivity index (χ4n) is 4.29.